The molecular weight excluding hydrogens is 516 g/mol. The summed E-state index contributed by atoms with van der Waals surface area (Å²) in [7, 11) is 0. The number of hydrogen-bond acceptors (Lipinski definition) is 6. The van der Waals surface area contributed by atoms with Gasteiger partial charge < -0.3 is 31.1 Å². The van der Waals surface area contributed by atoms with Crippen molar-refractivity contribution in [2.24, 2.45) is 0 Å². The molecule has 0 fully saturated rings. The Morgan fingerprint density at radius 2 is 1.45 bits per heavy atom. The molecule has 1 atom stereocenters. The standard InChI is InChI=1S/C29H34N4O7/c1-18(2)27(36)32-16-26(35)31-15-25(34)30-14-8-7-13-24(28(37)38)33-29(39)40-17-23-21-11-5-3-9-19(21)20-10-4-6-12-22(20)23/h3-6,9-12,23-24H,1,7-8,13-17H2,2H3,(H,30,34)(H,31,35)(H,32,36)(H,33,39)(H,37,38)/t24-/m0/s1. The maximum absolute atomic E-state index is 12.4. The summed E-state index contributed by atoms with van der Waals surface area (Å²) in [6.07, 6.45) is 0.219. The number of rotatable bonds is 14. The molecule has 2 aromatic carbocycles. The van der Waals surface area contributed by atoms with E-state index in [0.717, 1.165) is 22.3 Å². The van der Waals surface area contributed by atoms with Crippen molar-refractivity contribution in [1.82, 2.24) is 21.3 Å². The van der Waals surface area contributed by atoms with E-state index in [1.165, 1.54) is 6.92 Å². The number of ether oxygens (including phenoxy) is 1. The Morgan fingerprint density at radius 1 is 0.875 bits per heavy atom. The number of unbranched alkanes of at least 4 members (excludes halogenated alkanes) is 1. The van der Waals surface area contributed by atoms with Gasteiger partial charge in [0.25, 0.3) is 0 Å². The lowest BCUT2D eigenvalue weighted by Crippen LogP contribution is -2.42. The molecule has 2 aromatic rings. The van der Waals surface area contributed by atoms with E-state index < -0.39 is 35.8 Å². The highest BCUT2D eigenvalue weighted by molar-refractivity contribution is 5.95. The van der Waals surface area contributed by atoms with Crippen molar-refractivity contribution in [3.8, 4) is 11.1 Å². The second-order valence-corrected chi connectivity index (χ2v) is 9.45. The second-order valence-electron chi connectivity index (χ2n) is 9.45. The van der Waals surface area contributed by atoms with Crippen molar-refractivity contribution in [3.05, 3.63) is 71.8 Å². The molecule has 0 bridgehead atoms. The van der Waals surface area contributed by atoms with Gasteiger partial charge in [-0.3, -0.25) is 14.4 Å². The maximum Gasteiger partial charge on any atom is 0.407 e. The summed E-state index contributed by atoms with van der Waals surface area (Å²) in [5.74, 6) is -2.71. The maximum atomic E-state index is 12.4. The number of aliphatic carboxylic acids is 1. The average molecular weight is 551 g/mol. The molecule has 0 aliphatic heterocycles. The molecule has 11 nitrogen and oxygen atoms in total. The van der Waals surface area contributed by atoms with Gasteiger partial charge in [-0.1, -0.05) is 55.1 Å². The van der Waals surface area contributed by atoms with E-state index in [9.17, 15) is 29.1 Å². The van der Waals surface area contributed by atoms with Gasteiger partial charge in [-0.25, -0.2) is 9.59 Å². The quantitative estimate of drug-likeness (QED) is 0.178. The van der Waals surface area contributed by atoms with Crippen molar-refractivity contribution < 1.29 is 33.8 Å². The Morgan fingerprint density at radius 3 is 2.05 bits per heavy atom. The van der Waals surface area contributed by atoms with Crippen LogP contribution in [0.15, 0.2) is 60.7 Å². The molecule has 0 unspecified atom stereocenters. The summed E-state index contributed by atoms with van der Waals surface area (Å²) in [4.78, 5) is 59.0. The minimum atomic E-state index is -1.18. The molecule has 0 radical (unpaired) electrons. The molecule has 0 saturated carbocycles. The Labute approximate surface area is 232 Å². The van der Waals surface area contributed by atoms with Crippen LogP contribution in [0.4, 0.5) is 4.79 Å². The first-order valence-corrected chi connectivity index (χ1v) is 13.0. The fraction of sp³-hybridized carbons (Fsp3) is 0.345. The molecule has 4 amide bonds. The van der Waals surface area contributed by atoms with E-state index in [2.05, 4.69) is 27.8 Å². The van der Waals surface area contributed by atoms with Crippen molar-refractivity contribution in [2.75, 3.05) is 26.2 Å². The summed E-state index contributed by atoms with van der Waals surface area (Å²) in [5, 5.41) is 19.3. The van der Waals surface area contributed by atoms with Crippen LogP contribution in [0, 0.1) is 0 Å². The molecule has 0 heterocycles. The molecule has 5 N–H and O–H groups in total. The van der Waals surface area contributed by atoms with Gasteiger partial charge in [-0.15, -0.1) is 0 Å². The number of carbonyl (C=O) groups is 5. The summed E-state index contributed by atoms with van der Waals surface area (Å²) in [6.45, 7) is 4.78. The number of alkyl carbamates (subject to hydrolysis) is 1. The highest BCUT2D eigenvalue weighted by atomic mass is 16.5. The van der Waals surface area contributed by atoms with Gasteiger partial charge in [0.05, 0.1) is 13.1 Å². The summed E-state index contributed by atoms with van der Waals surface area (Å²) in [5.41, 5.74) is 4.57. The van der Waals surface area contributed by atoms with Gasteiger partial charge in [0, 0.05) is 18.0 Å². The van der Waals surface area contributed by atoms with Crippen LogP contribution >= 0.6 is 0 Å². The molecule has 11 heteroatoms. The largest absolute Gasteiger partial charge is 0.480 e. The number of hydrogen-bond donors (Lipinski definition) is 5. The van der Waals surface area contributed by atoms with Gasteiger partial charge in [-0.05, 0) is 48.4 Å². The van der Waals surface area contributed by atoms with E-state index in [1.807, 2.05) is 48.5 Å². The summed E-state index contributed by atoms with van der Waals surface area (Å²) in [6, 6.07) is 14.7. The Kier molecular flexibility index (Phi) is 10.8. The summed E-state index contributed by atoms with van der Waals surface area (Å²) >= 11 is 0. The third-order valence-electron chi connectivity index (χ3n) is 6.42. The minimum absolute atomic E-state index is 0.0784. The number of carboxylic acids is 1. The van der Waals surface area contributed by atoms with Crippen LogP contribution in [-0.4, -0.2) is 67.2 Å². The molecule has 0 spiro atoms. The van der Waals surface area contributed by atoms with Crippen LogP contribution in [0.5, 0.6) is 0 Å². The van der Waals surface area contributed by atoms with Crippen LogP contribution in [0.2, 0.25) is 0 Å². The summed E-state index contributed by atoms with van der Waals surface area (Å²) < 4.78 is 5.44. The van der Waals surface area contributed by atoms with Crippen molar-refractivity contribution in [1.29, 1.82) is 0 Å². The molecule has 0 saturated heterocycles. The smallest absolute Gasteiger partial charge is 0.407 e. The van der Waals surface area contributed by atoms with Gasteiger partial charge in [-0.2, -0.15) is 0 Å². The van der Waals surface area contributed by atoms with Gasteiger partial charge >= 0.3 is 12.1 Å². The zero-order valence-corrected chi connectivity index (χ0v) is 22.3. The first kappa shape index (κ1) is 29.9. The predicted molar refractivity (Wildman–Crippen MR) is 147 cm³/mol. The predicted octanol–water partition coefficient (Wildman–Crippen LogP) is 2.07. The molecule has 40 heavy (non-hydrogen) atoms. The molecule has 1 aliphatic rings. The number of nitrogens with one attached hydrogen (secondary N) is 4. The van der Waals surface area contributed by atoms with Crippen LogP contribution in [0.25, 0.3) is 11.1 Å². The first-order chi connectivity index (χ1) is 19.2. The fourth-order valence-electron chi connectivity index (χ4n) is 4.36. The van der Waals surface area contributed by atoms with Gasteiger partial charge in [0.2, 0.25) is 17.7 Å². The second kappa shape index (κ2) is 14.5. The Balaban J connectivity index is 1.35. The zero-order chi connectivity index (χ0) is 29.1. The van der Waals surface area contributed by atoms with Crippen molar-refractivity contribution in [2.45, 2.75) is 38.1 Å². The number of amides is 4. The molecule has 212 valence electrons. The third kappa shape index (κ3) is 8.42. The lowest BCUT2D eigenvalue weighted by molar-refractivity contribution is -0.139. The molecule has 0 aromatic heterocycles. The molecule has 3 rings (SSSR count). The number of fused-ring (bicyclic) bond motifs is 3. The van der Waals surface area contributed by atoms with Crippen molar-refractivity contribution in [3.63, 3.8) is 0 Å². The van der Waals surface area contributed by atoms with Crippen molar-refractivity contribution >= 4 is 29.8 Å². The third-order valence-corrected chi connectivity index (χ3v) is 6.42. The van der Waals surface area contributed by atoms with Crippen LogP contribution in [-0.2, 0) is 23.9 Å². The molecule has 1 aliphatic carbocycles. The molecular formula is C29H34N4O7. The number of carboxylic acid groups (broad SMARTS) is 1. The van der Waals surface area contributed by atoms with E-state index in [-0.39, 0.29) is 44.2 Å². The lowest BCUT2D eigenvalue weighted by Gasteiger charge is -2.17. The van der Waals surface area contributed by atoms with Gasteiger partial charge in [0.15, 0.2) is 0 Å². The number of benzene rings is 2. The Hall–Kier alpha value is -4.67. The van der Waals surface area contributed by atoms with E-state index in [4.69, 9.17) is 4.74 Å². The van der Waals surface area contributed by atoms with Crippen LogP contribution in [0.3, 0.4) is 0 Å². The van der Waals surface area contributed by atoms with E-state index in [0.29, 0.717) is 12.8 Å². The normalized spacial score (nSPS) is 12.3. The number of carbonyl (C=O) groups excluding carboxylic acids is 4. The Bertz CT molecular complexity index is 1230. The SMILES string of the molecule is C=C(C)C(=O)NCC(=O)NCC(=O)NCCCC[C@H](NC(=O)OCC1c2ccccc2-c2ccccc21)C(=O)O. The first-order valence-electron chi connectivity index (χ1n) is 13.0. The zero-order valence-electron chi connectivity index (χ0n) is 22.3. The highest BCUT2D eigenvalue weighted by Crippen LogP contribution is 2.44. The van der Waals surface area contributed by atoms with Crippen LogP contribution in [0.1, 0.15) is 43.2 Å². The average Bonchev–Trinajstić information content (AvgIpc) is 3.26. The minimum Gasteiger partial charge on any atom is -0.480 e. The van der Waals surface area contributed by atoms with Gasteiger partial charge in [0.1, 0.15) is 12.6 Å². The lowest BCUT2D eigenvalue weighted by atomic mass is 9.98. The van der Waals surface area contributed by atoms with E-state index in [1.54, 1.807) is 0 Å². The fourth-order valence-corrected chi connectivity index (χ4v) is 4.36. The highest BCUT2D eigenvalue weighted by Gasteiger charge is 2.29. The van der Waals surface area contributed by atoms with E-state index >= 15 is 0 Å². The topological polar surface area (TPSA) is 163 Å². The van der Waals surface area contributed by atoms with Crippen LogP contribution < -0.4 is 21.3 Å². The monoisotopic (exact) mass is 550 g/mol.